The minimum Gasteiger partial charge on any atom is -0.496 e. The van der Waals surface area contributed by atoms with Gasteiger partial charge in [-0.15, -0.1) is 0 Å². The zero-order chi connectivity index (χ0) is 10.6. The molecule has 0 radical (unpaired) electrons. The number of aliphatic hydroxyl groups is 3. The first kappa shape index (κ1) is 11.0. The van der Waals surface area contributed by atoms with Gasteiger partial charge in [-0.2, -0.15) is 0 Å². The third-order valence-corrected chi connectivity index (χ3v) is 2.13. The molecule has 0 aliphatic rings. The number of rotatable bonds is 4. The fourth-order valence-corrected chi connectivity index (χ4v) is 1.25. The Bertz CT molecular complexity index is 294. The molecule has 4 nitrogen and oxygen atoms in total. The Balaban J connectivity index is 3.15. The summed E-state index contributed by atoms with van der Waals surface area (Å²) in [6, 6.07) is 6.71. The largest absolute Gasteiger partial charge is 0.496 e. The molecule has 0 unspecified atom stereocenters. The Morgan fingerprint density at radius 2 is 1.79 bits per heavy atom. The van der Waals surface area contributed by atoms with Gasteiger partial charge < -0.3 is 20.1 Å². The van der Waals surface area contributed by atoms with Crippen molar-refractivity contribution in [2.24, 2.45) is 0 Å². The van der Waals surface area contributed by atoms with E-state index in [-0.39, 0.29) is 0 Å². The van der Waals surface area contributed by atoms with E-state index in [9.17, 15) is 5.11 Å². The van der Waals surface area contributed by atoms with Gasteiger partial charge >= 0.3 is 0 Å². The van der Waals surface area contributed by atoms with Crippen LogP contribution in [-0.4, -0.2) is 35.6 Å². The average molecular weight is 198 g/mol. The normalized spacial score (nSPS) is 11.4. The minimum atomic E-state index is -1.65. The monoisotopic (exact) mass is 198 g/mol. The van der Waals surface area contributed by atoms with E-state index >= 15 is 0 Å². The maximum Gasteiger partial charge on any atom is 0.139 e. The molecule has 1 aromatic rings. The highest BCUT2D eigenvalue weighted by Gasteiger charge is 2.30. The van der Waals surface area contributed by atoms with Gasteiger partial charge in [-0.1, -0.05) is 18.2 Å². The zero-order valence-corrected chi connectivity index (χ0v) is 7.97. The molecule has 3 N–H and O–H groups in total. The molecular weight excluding hydrogens is 184 g/mol. The van der Waals surface area contributed by atoms with Crippen LogP contribution >= 0.6 is 0 Å². The molecule has 78 valence electrons. The molecule has 0 saturated heterocycles. The van der Waals surface area contributed by atoms with E-state index in [0.29, 0.717) is 11.3 Å². The smallest absolute Gasteiger partial charge is 0.139 e. The van der Waals surface area contributed by atoms with Gasteiger partial charge in [0.15, 0.2) is 0 Å². The van der Waals surface area contributed by atoms with Crippen LogP contribution in [-0.2, 0) is 5.60 Å². The van der Waals surface area contributed by atoms with Crippen molar-refractivity contribution in [1.82, 2.24) is 0 Å². The highest BCUT2D eigenvalue weighted by Crippen LogP contribution is 2.28. The third-order valence-electron chi connectivity index (χ3n) is 2.13. The van der Waals surface area contributed by atoms with E-state index in [4.69, 9.17) is 14.9 Å². The molecule has 0 saturated carbocycles. The predicted octanol–water partition coefficient (Wildman–Crippen LogP) is -0.133. The lowest BCUT2D eigenvalue weighted by atomic mass is 9.95. The molecule has 4 heteroatoms. The summed E-state index contributed by atoms with van der Waals surface area (Å²) in [5, 5.41) is 27.8. The zero-order valence-electron chi connectivity index (χ0n) is 7.97. The van der Waals surface area contributed by atoms with Crippen molar-refractivity contribution in [2.75, 3.05) is 20.3 Å². The van der Waals surface area contributed by atoms with Crippen LogP contribution in [0.5, 0.6) is 5.75 Å². The third kappa shape index (κ3) is 1.87. The van der Waals surface area contributed by atoms with Crippen LogP contribution in [0, 0.1) is 0 Å². The molecule has 0 aliphatic heterocycles. The van der Waals surface area contributed by atoms with Crippen LogP contribution in [0.1, 0.15) is 5.56 Å². The van der Waals surface area contributed by atoms with Crippen LogP contribution in [0.4, 0.5) is 0 Å². The van der Waals surface area contributed by atoms with E-state index < -0.39 is 18.8 Å². The Morgan fingerprint density at radius 1 is 1.21 bits per heavy atom. The van der Waals surface area contributed by atoms with Crippen LogP contribution in [0.3, 0.4) is 0 Å². The van der Waals surface area contributed by atoms with Gasteiger partial charge in [0.05, 0.1) is 20.3 Å². The molecule has 1 aromatic carbocycles. The molecule has 0 aromatic heterocycles. The molecule has 0 aliphatic carbocycles. The molecule has 1 rings (SSSR count). The number of hydrogen-bond acceptors (Lipinski definition) is 4. The van der Waals surface area contributed by atoms with Crippen LogP contribution in [0.2, 0.25) is 0 Å². The molecule has 0 bridgehead atoms. The van der Waals surface area contributed by atoms with E-state index in [1.165, 1.54) is 7.11 Å². The predicted molar refractivity (Wildman–Crippen MR) is 51.1 cm³/mol. The molecule has 0 fully saturated rings. The number of benzene rings is 1. The number of methoxy groups -OCH3 is 1. The molecule has 0 amide bonds. The highest BCUT2D eigenvalue weighted by atomic mass is 16.5. The molecule has 0 atom stereocenters. The summed E-state index contributed by atoms with van der Waals surface area (Å²) in [7, 11) is 1.47. The Hall–Kier alpha value is -1.10. The lowest BCUT2D eigenvalue weighted by Crippen LogP contribution is -2.34. The Labute approximate surface area is 82.4 Å². The van der Waals surface area contributed by atoms with Gasteiger partial charge in [-0.25, -0.2) is 0 Å². The highest BCUT2D eigenvalue weighted by molar-refractivity contribution is 5.38. The van der Waals surface area contributed by atoms with Crippen molar-refractivity contribution in [3.63, 3.8) is 0 Å². The van der Waals surface area contributed by atoms with Gasteiger partial charge in [0.2, 0.25) is 0 Å². The van der Waals surface area contributed by atoms with Gasteiger partial charge in [-0.3, -0.25) is 0 Å². The number of ether oxygens (including phenoxy) is 1. The standard InChI is InChI=1S/C10H14O4/c1-14-9-5-3-2-4-8(9)10(13,6-11)7-12/h2-5,11-13H,6-7H2,1H3. The van der Waals surface area contributed by atoms with Gasteiger partial charge in [0.25, 0.3) is 0 Å². The summed E-state index contributed by atoms with van der Waals surface area (Å²) in [5.74, 6) is 0.443. The second kappa shape index (κ2) is 4.41. The maximum absolute atomic E-state index is 9.83. The first-order valence-corrected chi connectivity index (χ1v) is 4.25. The van der Waals surface area contributed by atoms with E-state index in [1.54, 1.807) is 24.3 Å². The fourth-order valence-electron chi connectivity index (χ4n) is 1.25. The lowest BCUT2D eigenvalue weighted by molar-refractivity contribution is -0.0611. The second-order valence-corrected chi connectivity index (χ2v) is 3.05. The lowest BCUT2D eigenvalue weighted by Gasteiger charge is -2.25. The van der Waals surface area contributed by atoms with Crippen molar-refractivity contribution >= 4 is 0 Å². The number of hydrogen-bond donors (Lipinski definition) is 3. The molecule has 0 heterocycles. The van der Waals surface area contributed by atoms with Crippen molar-refractivity contribution < 1.29 is 20.1 Å². The molecule has 14 heavy (non-hydrogen) atoms. The first-order valence-electron chi connectivity index (χ1n) is 4.25. The fraction of sp³-hybridized carbons (Fsp3) is 0.400. The van der Waals surface area contributed by atoms with Gasteiger partial charge in [-0.05, 0) is 6.07 Å². The van der Waals surface area contributed by atoms with Crippen molar-refractivity contribution in [2.45, 2.75) is 5.60 Å². The van der Waals surface area contributed by atoms with E-state index in [2.05, 4.69) is 0 Å². The van der Waals surface area contributed by atoms with Crippen LogP contribution < -0.4 is 4.74 Å². The maximum atomic E-state index is 9.83. The van der Waals surface area contributed by atoms with Crippen LogP contribution in [0.25, 0.3) is 0 Å². The van der Waals surface area contributed by atoms with Crippen LogP contribution in [0.15, 0.2) is 24.3 Å². The Kier molecular flexibility index (Phi) is 3.46. The molecular formula is C10H14O4. The summed E-state index contributed by atoms with van der Waals surface area (Å²) >= 11 is 0. The van der Waals surface area contributed by atoms with Crippen molar-refractivity contribution in [1.29, 1.82) is 0 Å². The summed E-state index contributed by atoms with van der Waals surface area (Å²) in [4.78, 5) is 0. The summed E-state index contributed by atoms with van der Waals surface area (Å²) in [5.41, 5.74) is -1.26. The topological polar surface area (TPSA) is 69.9 Å². The SMILES string of the molecule is COc1ccccc1C(O)(CO)CO. The Morgan fingerprint density at radius 3 is 2.29 bits per heavy atom. The minimum absolute atomic E-state index is 0.382. The van der Waals surface area contributed by atoms with Crippen molar-refractivity contribution in [3.8, 4) is 5.75 Å². The quantitative estimate of drug-likeness (QED) is 0.630. The summed E-state index contributed by atoms with van der Waals surface area (Å²) in [6.45, 7) is -1.10. The average Bonchev–Trinajstić information content (AvgIpc) is 2.28. The summed E-state index contributed by atoms with van der Waals surface area (Å²) < 4.78 is 5.01. The van der Waals surface area contributed by atoms with Crippen molar-refractivity contribution in [3.05, 3.63) is 29.8 Å². The second-order valence-electron chi connectivity index (χ2n) is 3.05. The first-order chi connectivity index (χ1) is 6.68. The summed E-state index contributed by atoms with van der Waals surface area (Å²) in [6.07, 6.45) is 0. The van der Waals surface area contributed by atoms with E-state index in [0.717, 1.165) is 0 Å². The number of para-hydroxylation sites is 1. The van der Waals surface area contributed by atoms with Gasteiger partial charge in [0, 0.05) is 5.56 Å². The van der Waals surface area contributed by atoms with Gasteiger partial charge in [0.1, 0.15) is 11.4 Å². The number of aliphatic hydroxyl groups excluding tert-OH is 2. The van der Waals surface area contributed by atoms with E-state index in [1.807, 2.05) is 0 Å². The molecule has 0 spiro atoms.